The number of hydrogen-bond acceptors (Lipinski definition) is 3. The molecule has 0 atom stereocenters. The number of hydrogen-bond donors (Lipinski definition) is 3. The highest BCUT2D eigenvalue weighted by atomic mass is 35.5. The topological polar surface area (TPSA) is 62.4 Å². The molecule has 0 fully saturated rings. The van der Waals surface area contributed by atoms with Gasteiger partial charge in [-0.2, -0.15) is 0 Å². The van der Waals surface area contributed by atoms with Gasteiger partial charge in [-0.25, -0.2) is 9.18 Å². The third-order valence-electron chi connectivity index (χ3n) is 3.76. The number of carbonyl (C=O) groups is 1. The standard InChI is InChI=1S/C17H18FN3O2.ClH/c1-23-16-9-14(4-5-15(16)18)21-17(22)20-13-3-2-12-10-19-7-6-11(12)8-13;/h2-5,8-9,19H,6-7,10H2,1H3,(H2,20,21,22);1H. The summed E-state index contributed by atoms with van der Waals surface area (Å²) in [6, 6.07) is 9.66. The van der Waals surface area contributed by atoms with E-state index in [0.29, 0.717) is 5.69 Å². The number of carbonyl (C=O) groups excluding carboxylic acids is 1. The monoisotopic (exact) mass is 351 g/mol. The largest absolute Gasteiger partial charge is 0.494 e. The molecule has 5 nitrogen and oxygen atoms in total. The Bertz CT molecular complexity index is 740. The summed E-state index contributed by atoms with van der Waals surface area (Å²) in [5, 5.41) is 8.76. The molecule has 3 rings (SSSR count). The molecule has 1 aliphatic heterocycles. The number of ether oxygens (including phenoxy) is 1. The van der Waals surface area contributed by atoms with Gasteiger partial charge in [-0.1, -0.05) is 6.07 Å². The second kappa shape index (κ2) is 7.99. The lowest BCUT2D eigenvalue weighted by Crippen LogP contribution is -2.24. The Balaban J connectivity index is 0.00000208. The van der Waals surface area contributed by atoms with Crippen molar-refractivity contribution in [3.8, 4) is 5.75 Å². The van der Waals surface area contributed by atoms with E-state index in [0.717, 1.165) is 25.2 Å². The highest BCUT2D eigenvalue weighted by molar-refractivity contribution is 5.99. The average molecular weight is 352 g/mol. The minimum absolute atomic E-state index is 0. The van der Waals surface area contributed by atoms with E-state index in [-0.39, 0.29) is 24.2 Å². The van der Waals surface area contributed by atoms with Gasteiger partial charge in [-0.05, 0) is 48.4 Å². The van der Waals surface area contributed by atoms with Crippen LogP contribution in [0.15, 0.2) is 36.4 Å². The van der Waals surface area contributed by atoms with Crippen LogP contribution in [-0.2, 0) is 13.0 Å². The lowest BCUT2D eigenvalue weighted by atomic mass is 10.0. The van der Waals surface area contributed by atoms with Gasteiger partial charge in [-0.15, -0.1) is 12.4 Å². The fourth-order valence-corrected chi connectivity index (χ4v) is 2.59. The van der Waals surface area contributed by atoms with Crippen molar-refractivity contribution in [2.75, 3.05) is 24.3 Å². The summed E-state index contributed by atoms with van der Waals surface area (Å²) in [6.45, 7) is 1.80. The summed E-state index contributed by atoms with van der Waals surface area (Å²) < 4.78 is 18.3. The predicted octanol–water partition coefficient (Wildman–Crippen LogP) is 3.55. The maximum atomic E-state index is 13.4. The first kappa shape index (κ1) is 18.0. The van der Waals surface area contributed by atoms with Gasteiger partial charge < -0.3 is 20.7 Å². The third kappa shape index (κ3) is 4.15. The fourth-order valence-electron chi connectivity index (χ4n) is 2.59. The molecule has 7 heteroatoms. The number of benzene rings is 2. The smallest absolute Gasteiger partial charge is 0.323 e. The number of methoxy groups -OCH3 is 1. The zero-order valence-electron chi connectivity index (χ0n) is 13.2. The van der Waals surface area contributed by atoms with Gasteiger partial charge in [0.15, 0.2) is 11.6 Å². The molecule has 0 radical (unpaired) electrons. The van der Waals surface area contributed by atoms with E-state index in [9.17, 15) is 9.18 Å². The van der Waals surface area contributed by atoms with Gasteiger partial charge in [0, 0.05) is 24.0 Å². The van der Waals surface area contributed by atoms with E-state index >= 15 is 0 Å². The van der Waals surface area contributed by atoms with Gasteiger partial charge >= 0.3 is 6.03 Å². The zero-order valence-corrected chi connectivity index (χ0v) is 14.0. The molecule has 0 saturated carbocycles. The summed E-state index contributed by atoms with van der Waals surface area (Å²) in [7, 11) is 1.38. The summed E-state index contributed by atoms with van der Waals surface area (Å²) in [6.07, 6.45) is 0.946. The number of urea groups is 1. The van der Waals surface area contributed by atoms with Crippen molar-refractivity contribution in [2.24, 2.45) is 0 Å². The van der Waals surface area contributed by atoms with E-state index in [1.165, 1.54) is 36.4 Å². The number of amides is 2. The van der Waals surface area contributed by atoms with Crippen LogP contribution in [0.3, 0.4) is 0 Å². The molecule has 0 aromatic heterocycles. The lowest BCUT2D eigenvalue weighted by molar-refractivity contribution is 0.262. The predicted molar refractivity (Wildman–Crippen MR) is 94.7 cm³/mol. The molecular formula is C17H19ClFN3O2. The van der Waals surface area contributed by atoms with Crippen molar-refractivity contribution in [2.45, 2.75) is 13.0 Å². The molecule has 1 aliphatic rings. The molecule has 3 N–H and O–H groups in total. The van der Waals surface area contributed by atoms with Crippen LogP contribution in [0.2, 0.25) is 0 Å². The Labute approximate surface area is 146 Å². The average Bonchev–Trinajstić information content (AvgIpc) is 2.56. The first-order chi connectivity index (χ1) is 11.2. The van der Waals surface area contributed by atoms with Crippen LogP contribution >= 0.6 is 12.4 Å². The first-order valence-electron chi connectivity index (χ1n) is 7.40. The summed E-state index contributed by atoms with van der Waals surface area (Å²) in [5.41, 5.74) is 3.69. The van der Waals surface area contributed by atoms with Crippen molar-refractivity contribution in [3.63, 3.8) is 0 Å². The van der Waals surface area contributed by atoms with Crippen LogP contribution in [0.5, 0.6) is 5.75 Å². The van der Waals surface area contributed by atoms with Crippen molar-refractivity contribution in [1.29, 1.82) is 0 Å². The second-order valence-electron chi connectivity index (χ2n) is 5.34. The minimum atomic E-state index is -0.471. The quantitative estimate of drug-likeness (QED) is 0.792. The van der Waals surface area contributed by atoms with Gasteiger partial charge in [0.25, 0.3) is 0 Å². The van der Waals surface area contributed by atoms with Crippen molar-refractivity contribution >= 4 is 29.8 Å². The van der Waals surface area contributed by atoms with E-state index in [1.807, 2.05) is 18.2 Å². The van der Waals surface area contributed by atoms with Gasteiger partial charge in [0.05, 0.1) is 7.11 Å². The summed E-state index contributed by atoms with van der Waals surface area (Å²) in [4.78, 5) is 12.1. The van der Waals surface area contributed by atoms with Crippen LogP contribution in [0.25, 0.3) is 0 Å². The molecule has 0 saturated heterocycles. The van der Waals surface area contributed by atoms with Crippen LogP contribution in [0, 0.1) is 5.82 Å². The maximum Gasteiger partial charge on any atom is 0.323 e. The first-order valence-corrected chi connectivity index (χ1v) is 7.40. The highest BCUT2D eigenvalue weighted by Crippen LogP contribution is 2.22. The Hall–Kier alpha value is -2.31. The molecule has 2 amide bonds. The molecule has 2 aromatic rings. The van der Waals surface area contributed by atoms with Gasteiger partial charge in [-0.3, -0.25) is 0 Å². The highest BCUT2D eigenvalue weighted by Gasteiger charge is 2.11. The van der Waals surface area contributed by atoms with Crippen molar-refractivity contribution in [1.82, 2.24) is 5.32 Å². The van der Waals surface area contributed by atoms with Crippen LogP contribution in [0.1, 0.15) is 11.1 Å². The number of anilines is 2. The third-order valence-corrected chi connectivity index (χ3v) is 3.76. The summed E-state index contributed by atoms with van der Waals surface area (Å²) >= 11 is 0. The van der Waals surface area contributed by atoms with Crippen LogP contribution in [0.4, 0.5) is 20.6 Å². The number of nitrogens with one attached hydrogen (secondary N) is 3. The molecule has 0 aliphatic carbocycles. The minimum Gasteiger partial charge on any atom is -0.494 e. The molecule has 128 valence electrons. The van der Waals surface area contributed by atoms with E-state index in [1.54, 1.807) is 0 Å². The molecular weight excluding hydrogens is 333 g/mol. The number of halogens is 2. The Morgan fingerprint density at radius 1 is 1.12 bits per heavy atom. The SMILES string of the molecule is COc1cc(NC(=O)Nc2ccc3c(c2)CCNC3)ccc1F.Cl. The Morgan fingerprint density at radius 3 is 2.58 bits per heavy atom. The van der Waals surface area contributed by atoms with Crippen molar-refractivity contribution < 1.29 is 13.9 Å². The second-order valence-corrected chi connectivity index (χ2v) is 5.34. The molecule has 0 unspecified atom stereocenters. The molecule has 24 heavy (non-hydrogen) atoms. The normalized spacial score (nSPS) is 12.6. The molecule has 1 heterocycles. The number of fused-ring (bicyclic) bond motifs is 1. The lowest BCUT2D eigenvalue weighted by Gasteiger charge is -2.18. The fraction of sp³-hybridized carbons (Fsp3) is 0.235. The van der Waals surface area contributed by atoms with Gasteiger partial charge in [0.1, 0.15) is 0 Å². The van der Waals surface area contributed by atoms with E-state index < -0.39 is 5.82 Å². The molecule has 2 aromatic carbocycles. The van der Waals surface area contributed by atoms with E-state index in [4.69, 9.17) is 4.74 Å². The maximum absolute atomic E-state index is 13.4. The molecule has 0 bridgehead atoms. The molecule has 0 spiro atoms. The van der Waals surface area contributed by atoms with E-state index in [2.05, 4.69) is 16.0 Å². The number of rotatable bonds is 3. The van der Waals surface area contributed by atoms with Gasteiger partial charge in [0.2, 0.25) is 0 Å². The zero-order chi connectivity index (χ0) is 16.2. The van der Waals surface area contributed by atoms with Crippen LogP contribution in [-0.4, -0.2) is 19.7 Å². The Morgan fingerprint density at radius 2 is 1.83 bits per heavy atom. The van der Waals surface area contributed by atoms with Crippen LogP contribution < -0.4 is 20.7 Å². The Kier molecular flexibility index (Phi) is 6.00. The summed E-state index contributed by atoms with van der Waals surface area (Å²) in [5.74, 6) is -0.383. The van der Waals surface area contributed by atoms with Crippen molar-refractivity contribution in [3.05, 3.63) is 53.3 Å².